The van der Waals surface area contributed by atoms with Crippen molar-refractivity contribution >= 4 is 34.7 Å². The molecule has 1 heterocycles. The van der Waals surface area contributed by atoms with E-state index < -0.39 is 0 Å². The highest BCUT2D eigenvalue weighted by molar-refractivity contribution is 6.31. The van der Waals surface area contributed by atoms with Crippen LogP contribution in [0, 0.1) is 0 Å². The summed E-state index contributed by atoms with van der Waals surface area (Å²) in [6.45, 7) is 0. The van der Waals surface area contributed by atoms with E-state index in [9.17, 15) is 0 Å². The molecule has 7 nitrogen and oxygen atoms in total. The number of hydrogen-bond acceptors (Lipinski definition) is 7. The molecule has 2 aromatic carbocycles. The highest BCUT2D eigenvalue weighted by atomic mass is 35.5. The summed E-state index contributed by atoms with van der Waals surface area (Å²) >= 11 is 6.07. The van der Waals surface area contributed by atoms with Gasteiger partial charge in [-0.3, -0.25) is 0 Å². The molecule has 3 aromatic rings. The monoisotopic (exact) mass is 386 g/mol. The third-order valence-corrected chi connectivity index (χ3v) is 3.95. The molecular weight excluding hydrogens is 368 g/mol. The summed E-state index contributed by atoms with van der Waals surface area (Å²) in [7, 11) is 4.77. The van der Waals surface area contributed by atoms with Crippen LogP contribution in [0.15, 0.2) is 48.7 Å². The summed E-state index contributed by atoms with van der Waals surface area (Å²) in [5, 5.41) is 6.92. The van der Waals surface area contributed by atoms with Crippen LogP contribution >= 0.6 is 11.6 Å². The van der Waals surface area contributed by atoms with Crippen LogP contribution in [0.3, 0.4) is 0 Å². The molecule has 0 unspecified atom stereocenters. The lowest BCUT2D eigenvalue weighted by Crippen LogP contribution is -2.02. The van der Waals surface area contributed by atoms with Crippen LogP contribution in [0.2, 0.25) is 5.02 Å². The van der Waals surface area contributed by atoms with Crippen molar-refractivity contribution in [2.75, 3.05) is 32.0 Å². The Hall–Kier alpha value is -3.19. The Balaban J connectivity index is 1.81. The SMILES string of the molecule is COc1ccc(Cl)cc1Nc1ccnc(Nc2ccc(OC)c(OC)c2)n1. The van der Waals surface area contributed by atoms with Gasteiger partial charge >= 0.3 is 0 Å². The van der Waals surface area contributed by atoms with Gasteiger partial charge in [0.15, 0.2) is 11.5 Å². The van der Waals surface area contributed by atoms with E-state index in [1.54, 1.807) is 57.9 Å². The maximum absolute atomic E-state index is 6.07. The second kappa shape index (κ2) is 8.46. The van der Waals surface area contributed by atoms with Crippen LogP contribution in [0.5, 0.6) is 17.2 Å². The molecule has 1 aromatic heterocycles. The van der Waals surface area contributed by atoms with E-state index in [0.29, 0.717) is 39.7 Å². The molecule has 3 rings (SSSR count). The van der Waals surface area contributed by atoms with Gasteiger partial charge in [-0.05, 0) is 36.4 Å². The Morgan fingerprint density at radius 3 is 2.30 bits per heavy atom. The van der Waals surface area contributed by atoms with Gasteiger partial charge in [0, 0.05) is 23.0 Å². The van der Waals surface area contributed by atoms with Gasteiger partial charge in [0.1, 0.15) is 11.6 Å². The lowest BCUT2D eigenvalue weighted by molar-refractivity contribution is 0.355. The minimum Gasteiger partial charge on any atom is -0.495 e. The standard InChI is InChI=1S/C19H19ClN4O3/c1-25-15-6-4-12(20)10-14(15)23-18-8-9-21-19(24-18)22-13-5-7-16(26-2)17(11-13)27-3/h4-11H,1-3H3,(H2,21,22,23,24). The van der Waals surface area contributed by atoms with Crippen molar-refractivity contribution < 1.29 is 14.2 Å². The van der Waals surface area contributed by atoms with E-state index in [-0.39, 0.29) is 0 Å². The van der Waals surface area contributed by atoms with E-state index in [2.05, 4.69) is 20.6 Å². The highest BCUT2D eigenvalue weighted by Crippen LogP contribution is 2.32. The Bertz CT molecular complexity index is 937. The van der Waals surface area contributed by atoms with E-state index in [1.807, 2.05) is 12.1 Å². The zero-order valence-corrected chi connectivity index (χ0v) is 15.9. The number of nitrogens with one attached hydrogen (secondary N) is 2. The summed E-state index contributed by atoms with van der Waals surface area (Å²) in [6, 6.07) is 12.5. The third-order valence-electron chi connectivity index (χ3n) is 3.72. The summed E-state index contributed by atoms with van der Waals surface area (Å²) in [4.78, 5) is 8.71. The topological polar surface area (TPSA) is 77.5 Å². The number of nitrogens with zero attached hydrogens (tertiary/aromatic N) is 2. The lowest BCUT2D eigenvalue weighted by atomic mass is 10.2. The smallest absolute Gasteiger partial charge is 0.229 e. The predicted molar refractivity (Wildman–Crippen MR) is 106 cm³/mol. The maximum atomic E-state index is 6.07. The van der Waals surface area contributed by atoms with Crippen LogP contribution < -0.4 is 24.8 Å². The summed E-state index contributed by atoms with van der Waals surface area (Å²) < 4.78 is 15.9. The fourth-order valence-electron chi connectivity index (χ4n) is 2.45. The first-order chi connectivity index (χ1) is 13.1. The average Bonchev–Trinajstić information content (AvgIpc) is 2.68. The number of benzene rings is 2. The molecule has 0 aliphatic heterocycles. The molecule has 0 amide bonds. The fourth-order valence-corrected chi connectivity index (χ4v) is 2.62. The zero-order chi connectivity index (χ0) is 19.2. The molecule has 140 valence electrons. The van der Waals surface area contributed by atoms with Crippen molar-refractivity contribution in [3.63, 3.8) is 0 Å². The van der Waals surface area contributed by atoms with Crippen LogP contribution in [0.1, 0.15) is 0 Å². The molecule has 0 saturated heterocycles. The third kappa shape index (κ3) is 4.51. The Morgan fingerprint density at radius 1 is 0.815 bits per heavy atom. The van der Waals surface area contributed by atoms with E-state index >= 15 is 0 Å². The summed E-state index contributed by atoms with van der Waals surface area (Å²) in [6.07, 6.45) is 1.65. The predicted octanol–water partition coefficient (Wildman–Crippen LogP) is 4.64. The normalized spacial score (nSPS) is 10.2. The summed E-state index contributed by atoms with van der Waals surface area (Å²) in [5.74, 6) is 2.93. The van der Waals surface area contributed by atoms with Crippen LogP contribution in [0.25, 0.3) is 0 Å². The Kier molecular flexibility index (Phi) is 5.83. The van der Waals surface area contributed by atoms with Gasteiger partial charge in [-0.1, -0.05) is 11.6 Å². The first kappa shape index (κ1) is 18.6. The van der Waals surface area contributed by atoms with Gasteiger partial charge in [-0.2, -0.15) is 4.98 Å². The molecule has 27 heavy (non-hydrogen) atoms. The van der Waals surface area contributed by atoms with Crippen molar-refractivity contribution in [1.82, 2.24) is 9.97 Å². The van der Waals surface area contributed by atoms with Crippen LogP contribution in [-0.4, -0.2) is 31.3 Å². The molecule has 0 fully saturated rings. The van der Waals surface area contributed by atoms with Gasteiger partial charge in [0.25, 0.3) is 0 Å². The van der Waals surface area contributed by atoms with Gasteiger partial charge in [0.05, 0.1) is 27.0 Å². The number of ether oxygens (including phenoxy) is 3. The van der Waals surface area contributed by atoms with Gasteiger partial charge in [-0.25, -0.2) is 4.98 Å². The number of methoxy groups -OCH3 is 3. The van der Waals surface area contributed by atoms with Crippen LogP contribution in [-0.2, 0) is 0 Å². The number of anilines is 4. The first-order valence-electron chi connectivity index (χ1n) is 8.05. The number of hydrogen-bond donors (Lipinski definition) is 2. The molecule has 2 N–H and O–H groups in total. The number of halogens is 1. The molecule has 0 spiro atoms. The van der Waals surface area contributed by atoms with Crippen molar-refractivity contribution in [2.45, 2.75) is 0 Å². The number of aromatic nitrogens is 2. The zero-order valence-electron chi connectivity index (χ0n) is 15.1. The molecule has 0 aliphatic carbocycles. The second-order valence-electron chi connectivity index (χ2n) is 5.43. The first-order valence-corrected chi connectivity index (χ1v) is 8.43. The van der Waals surface area contributed by atoms with Crippen LogP contribution in [0.4, 0.5) is 23.1 Å². The van der Waals surface area contributed by atoms with E-state index in [4.69, 9.17) is 25.8 Å². The van der Waals surface area contributed by atoms with Gasteiger partial charge in [0.2, 0.25) is 5.95 Å². The molecule has 8 heteroatoms. The highest BCUT2D eigenvalue weighted by Gasteiger charge is 2.08. The molecule has 0 bridgehead atoms. The lowest BCUT2D eigenvalue weighted by Gasteiger charge is -2.13. The minimum atomic E-state index is 0.424. The number of rotatable bonds is 7. The van der Waals surface area contributed by atoms with E-state index in [1.165, 1.54) is 0 Å². The largest absolute Gasteiger partial charge is 0.495 e. The quantitative estimate of drug-likeness (QED) is 0.612. The molecule has 0 saturated carbocycles. The second-order valence-corrected chi connectivity index (χ2v) is 5.87. The van der Waals surface area contributed by atoms with Gasteiger partial charge < -0.3 is 24.8 Å². The molecular formula is C19H19ClN4O3. The Morgan fingerprint density at radius 2 is 1.56 bits per heavy atom. The van der Waals surface area contributed by atoms with Gasteiger partial charge in [-0.15, -0.1) is 0 Å². The van der Waals surface area contributed by atoms with Crippen molar-refractivity contribution in [1.29, 1.82) is 0 Å². The van der Waals surface area contributed by atoms with E-state index in [0.717, 1.165) is 5.69 Å². The van der Waals surface area contributed by atoms with Crippen molar-refractivity contribution in [3.8, 4) is 17.2 Å². The average molecular weight is 387 g/mol. The van der Waals surface area contributed by atoms with Crippen molar-refractivity contribution in [3.05, 3.63) is 53.7 Å². The fraction of sp³-hybridized carbons (Fsp3) is 0.158. The van der Waals surface area contributed by atoms with Crippen molar-refractivity contribution in [2.24, 2.45) is 0 Å². The Labute approximate surface area is 162 Å². The maximum Gasteiger partial charge on any atom is 0.229 e. The summed E-state index contributed by atoms with van der Waals surface area (Å²) in [5.41, 5.74) is 1.48. The molecule has 0 atom stereocenters. The molecule has 0 aliphatic rings. The minimum absolute atomic E-state index is 0.424. The molecule has 0 radical (unpaired) electrons.